The second-order valence-electron chi connectivity index (χ2n) is 4.62. The third kappa shape index (κ3) is 3.61. The molecule has 0 aromatic carbocycles. The lowest BCUT2D eigenvalue weighted by Gasteiger charge is -2.13. The number of anilines is 1. The summed E-state index contributed by atoms with van der Waals surface area (Å²) >= 11 is 1.81. The lowest BCUT2D eigenvalue weighted by Crippen LogP contribution is -2.33. The fourth-order valence-corrected chi connectivity index (χ4v) is 4.36. The van der Waals surface area contributed by atoms with Gasteiger partial charge in [-0.25, -0.2) is 18.1 Å². The van der Waals surface area contributed by atoms with E-state index in [1.165, 1.54) is 12.3 Å². The summed E-state index contributed by atoms with van der Waals surface area (Å²) in [7, 11) is -1.73. The molecule has 7 heteroatoms. The van der Waals surface area contributed by atoms with Crippen molar-refractivity contribution >= 4 is 27.6 Å². The van der Waals surface area contributed by atoms with Crippen LogP contribution in [-0.4, -0.2) is 38.0 Å². The highest BCUT2D eigenvalue weighted by atomic mass is 32.2. The van der Waals surface area contributed by atoms with Crippen LogP contribution in [0.5, 0.6) is 0 Å². The Labute approximate surface area is 118 Å². The summed E-state index contributed by atoms with van der Waals surface area (Å²) < 4.78 is 27.3. The van der Waals surface area contributed by atoms with Crippen molar-refractivity contribution in [1.82, 2.24) is 9.71 Å². The fourth-order valence-electron chi connectivity index (χ4n) is 2.26. The molecule has 2 atom stereocenters. The summed E-state index contributed by atoms with van der Waals surface area (Å²) in [5.74, 6) is 0.552. The first-order valence-corrected chi connectivity index (χ1v) is 9.01. The molecule has 1 heterocycles. The van der Waals surface area contributed by atoms with E-state index >= 15 is 0 Å². The van der Waals surface area contributed by atoms with Crippen LogP contribution in [0.2, 0.25) is 0 Å². The van der Waals surface area contributed by atoms with Crippen molar-refractivity contribution in [2.45, 2.75) is 35.4 Å². The summed E-state index contributed by atoms with van der Waals surface area (Å²) in [5, 5.41) is 3.41. The minimum atomic E-state index is -3.45. The van der Waals surface area contributed by atoms with Gasteiger partial charge in [0.25, 0.3) is 0 Å². The number of rotatable bonds is 5. The Bertz CT molecular complexity index is 534. The zero-order valence-corrected chi connectivity index (χ0v) is 12.7. The van der Waals surface area contributed by atoms with E-state index in [0.29, 0.717) is 11.1 Å². The molecule has 0 amide bonds. The van der Waals surface area contributed by atoms with E-state index in [4.69, 9.17) is 0 Å². The molecule has 1 fully saturated rings. The number of pyridine rings is 1. The van der Waals surface area contributed by atoms with E-state index in [1.807, 2.05) is 11.8 Å². The normalized spacial score (nSPS) is 23.5. The molecule has 106 valence electrons. The number of nitrogens with zero attached hydrogens (tertiary/aromatic N) is 1. The predicted molar refractivity (Wildman–Crippen MR) is 79.0 cm³/mol. The number of thioether (sulfide) groups is 1. The van der Waals surface area contributed by atoms with Gasteiger partial charge in [-0.2, -0.15) is 11.8 Å². The van der Waals surface area contributed by atoms with Gasteiger partial charge in [-0.05, 0) is 31.6 Å². The highest BCUT2D eigenvalue weighted by Crippen LogP contribution is 2.29. The average Bonchev–Trinajstić information content (AvgIpc) is 2.85. The Morgan fingerprint density at radius 3 is 2.84 bits per heavy atom. The maximum atomic E-state index is 12.3. The van der Waals surface area contributed by atoms with Crippen LogP contribution in [0.15, 0.2) is 23.2 Å². The van der Waals surface area contributed by atoms with E-state index in [1.54, 1.807) is 13.1 Å². The molecular formula is C12H19N3O2S2. The predicted octanol–water partition coefficient (Wildman–Crippen LogP) is 1.69. The van der Waals surface area contributed by atoms with Gasteiger partial charge in [-0.15, -0.1) is 0 Å². The van der Waals surface area contributed by atoms with Crippen molar-refractivity contribution < 1.29 is 8.42 Å². The first-order chi connectivity index (χ1) is 9.05. The molecule has 2 rings (SSSR count). The third-order valence-electron chi connectivity index (χ3n) is 3.34. The van der Waals surface area contributed by atoms with Crippen LogP contribution >= 0.6 is 11.8 Å². The molecule has 1 aliphatic carbocycles. The first kappa shape index (κ1) is 14.6. The molecular weight excluding hydrogens is 282 g/mol. The summed E-state index contributed by atoms with van der Waals surface area (Å²) in [6.45, 7) is 0. The summed E-state index contributed by atoms with van der Waals surface area (Å²) in [6, 6.07) is 3.11. The largest absolute Gasteiger partial charge is 0.373 e. The molecule has 0 bridgehead atoms. The monoisotopic (exact) mass is 301 g/mol. The highest BCUT2D eigenvalue weighted by Gasteiger charge is 2.28. The second-order valence-corrected chi connectivity index (χ2v) is 7.47. The molecule has 0 radical (unpaired) electrons. The molecule has 0 spiro atoms. The first-order valence-electron chi connectivity index (χ1n) is 6.24. The van der Waals surface area contributed by atoms with Crippen LogP contribution in [0.3, 0.4) is 0 Å². The van der Waals surface area contributed by atoms with Gasteiger partial charge in [-0.3, -0.25) is 0 Å². The van der Waals surface area contributed by atoms with Crippen molar-refractivity contribution in [2.75, 3.05) is 18.6 Å². The standard InChI is InChI=1S/C12H19N3O2S2/c1-13-12-8-11(5-6-14-12)19(16,17)15-9-3-4-10(7-9)18-2/h5-6,8-10,15H,3-4,7H2,1-2H3,(H,13,14). The molecule has 1 aliphatic rings. The summed E-state index contributed by atoms with van der Waals surface area (Å²) in [5.41, 5.74) is 0. The Kier molecular flexibility index (Phi) is 4.70. The van der Waals surface area contributed by atoms with Gasteiger partial charge < -0.3 is 5.32 Å². The smallest absolute Gasteiger partial charge is 0.241 e. The second kappa shape index (κ2) is 6.11. The minimum absolute atomic E-state index is 0.0497. The van der Waals surface area contributed by atoms with Crippen LogP contribution in [-0.2, 0) is 10.0 Å². The Morgan fingerprint density at radius 1 is 1.42 bits per heavy atom. The van der Waals surface area contributed by atoms with Crippen molar-refractivity contribution in [3.8, 4) is 0 Å². The van der Waals surface area contributed by atoms with Crippen LogP contribution in [0.1, 0.15) is 19.3 Å². The van der Waals surface area contributed by atoms with Gasteiger partial charge in [0.1, 0.15) is 5.82 Å². The maximum absolute atomic E-state index is 12.3. The molecule has 5 nitrogen and oxygen atoms in total. The van der Waals surface area contributed by atoms with E-state index < -0.39 is 10.0 Å². The Balaban J connectivity index is 2.10. The molecule has 2 N–H and O–H groups in total. The van der Waals surface area contributed by atoms with Gasteiger partial charge in [0.2, 0.25) is 10.0 Å². The van der Waals surface area contributed by atoms with Crippen LogP contribution in [0.25, 0.3) is 0 Å². The zero-order valence-electron chi connectivity index (χ0n) is 11.1. The molecule has 0 saturated heterocycles. The van der Waals surface area contributed by atoms with Gasteiger partial charge in [-0.1, -0.05) is 0 Å². The van der Waals surface area contributed by atoms with Gasteiger partial charge in [0.05, 0.1) is 4.90 Å². The number of hydrogen-bond donors (Lipinski definition) is 2. The van der Waals surface area contributed by atoms with Crippen LogP contribution in [0, 0.1) is 0 Å². The van der Waals surface area contributed by atoms with Crippen molar-refractivity contribution in [2.24, 2.45) is 0 Å². The minimum Gasteiger partial charge on any atom is -0.373 e. The molecule has 1 aromatic heterocycles. The topological polar surface area (TPSA) is 71.1 Å². The van der Waals surface area contributed by atoms with E-state index in [9.17, 15) is 8.42 Å². The molecule has 1 aromatic rings. The van der Waals surface area contributed by atoms with Crippen molar-refractivity contribution in [1.29, 1.82) is 0 Å². The molecule has 2 unspecified atom stereocenters. The Hall–Kier alpha value is -0.790. The molecule has 19 heavy (non-hydrogen) atoms. The van der Waals surface area contributed by atoms with E-state index in [0.717, 1.165) is 19.3 Å². The van der Waals surface area contributed by atoms with Gasteiger partial charge in [0.15, 0.2) is 0 Å². The molecule has 1 saturated carbocycles. The van der Waals surface area contributed by atoms with Crippen molar-refractivity contribution in [3.63, 3.8) is 0 Å². The number of hydrogen-bond acceptors (Lipinski definition) is 5. The Morgan fingerprint density at radius 2 is 2.21 bits per heavy atom. The lowest BCUT2D eigenvalue weighted by molar-refractivity contribution is 0.552. The van der Waals surface area contributed by atoms with E-state index in [-0.39, 0.29) is 10.9 Å². The number of sulfonamides is 1. The van der Waals surface area contributed by atoms with Gasteiger partial charge in [0, 0.05) is 30.6 Å². The summed E-state index contributed by atoms with van der Waals surface area (Å²) in [6.07, 6.45) is 6.47. The summed E-state index contributed by atoms with van der Waals surface area (Å²) in [4.78, 5) is 4.29. The van der Waals surface area contributed by atoms with E-state index in [2.05, 4.69) is 21.3 Å². The van der Waals surface area contributed by atoms with Crippen LogP contribution < -0.4 is 10.0 Å². The average molecular weight is 301 g/mol. The van der Waals surface area contributed by atoms with Crippen LogP contribution in [0.4, 0.5) is 5.82 Å². The maximum Gasteiger partial charge on any atom is 0.241 e. The van der Waals surface area contributed by atoms with Gasteiger partial charge >= 0.3 is 0 Å². The SMILES string of the molecule is CNc1cc(S(=O)(=O)NC2CCC(SC)C2)ccn1. The fraction of sp³-hybridized carbons (Fsp3) is 0.583. The van der Waals surface area contributed by atoms with Crippen molar-refractivity contribution in [3.05, 3.63) is 18.3 Å². The highest BCUT2D eigenvalue weighted by molar-refractivity contribution is 7.99. The zero-order chi connectivity index (χ0) is 13.9. The number of aromatic nitrogens is 1. The number of nitrogens with one attached hydrogen (secondary N) is 2. The third-order valence-corrected chi connectivity index (χ3v) is 5.95. The quantitative estimate of drug-likeness (QED) is 0.866. The molecule has 0 aliphatic heterocycles. The lowest BCUT2D eigenvalue weighted by atomic mass is 10.3.